The van der Waals surface area contributed by atoms with Gasteiger partial charge in [0.2, 0.25) is 0 Å². The molecule has 1 aliphatic rings. The van der Waals surface area contributed by atoms with Crippen LogP contribution in [0.1, 0.15) is 64.7 Å². The van der Waals surface area contributed by atoms with Crippen LogP contribution in [-0.4, -0.2) is 19.1 Å². The van der Waals surface area contributed by atoms with E-state index in [9.17, 15) is 4.79 Å². The van der Waals surface area contributed by atoms with Crippen LogP contribution >= 0.6 is 0 Å². The maximum atomic E-state index is 12.1. The fourth-order valence-corrected chi connectivity index (χ4v) is 2.57. The largest absolute Gasteiger partial charge is 0.465 e. The van der Waals surface area contributed by atoms with E-state index in [1.165, 1.54) is 19.3 Å². The Morgan fingerprint density at radius 1 is 1.18 bits per heavy atom. The van der Waals surface area contributed by atoms with E-state index in [4.69, 9.17) is 10.5 Å². The van der Waals surface area contributed by atoms with Crippen molar-refractivity contribution in [2.45, 2.75) is 64.7 Å². The summed E-state index contributed by atoms with van der Waals surface area (Å²) in [6.07, 6.45) is 9.85. The van der Waals surface area contributed by atoms with Gasteiger partial charge < -0.3 is 10.5 Å². The highest BCUT2D eigenvalue weighted by Gasteiger charge is 2.39. The van der Waals surface area contributed by atoms with E-state index < -0.39 is 0 Å². The molecule has 0 atom stereocenters. The molecule has 1 fully saturated rings. The quantitative estimate of drug-likeness (QED) is 0.550. The molecule has 0 aromatic carbocycles. The van der Waals surface area contributed by atoms with E-state index in [1.54, 1.807) is 0 Å². The molecule has 0 saturated heterocycles. The maximum absolute atomic E-state index is 12.1. The van der Waals surface area contributed by atoms with E-state index in [2.05, 4.69) is 6.92 Å². The Morgan fingerprint density at radius 2 is 1.88 bits per heavy atom. The Bertz CT molecular complexity index is 222. The van der Waals surface area contributed by atoms with Crippen LogP contribution in [-0.2, 0) is 9.53 Å². The third-order valence-corrected chi connectivity index (χ3v) is 3.87. The smallest absolute Gasteiger partial charge is 0.313 e. The Kier molecular flexibility index (Phi) is 6.56. The number of hydrogen-bond donors (Lipinski definition) is 1. The van der Waals surface area contributed by atoms with Gasteiger partial charge in [0.25, 0.3) is 0 Å². The minimum atomic E-state index is -0.358. The molecule has 0 radical (unpaired) electrons. The van der Waals surface area contributed by atoms with Gasteiger partial charge >= 0.3 is 5.97 Å². The molecule has 2 N–H and O–H groups in total. The average Bonchev–Trinajstić information content (AvgIpc) is 2.39. The molecule has 0 unspecified atom stereocenters. The van der Waals surface area contributed by atoms with Crippen LogP contribution in [0.5, 0.6) is 0 Å². The van der Waals surface area contributed by atoms with Crippen molar-refractivity contribution in [2.24, 2.45) is 11.1 Å². The highest BCUT2D eigenvalue weighted by atomic mass is 16.5. The van der Waals surface area contributed by atoms with Gasteiger partial charge in [-0.15, -0.1) is 0 Å². The monoisotopic (exact) mass is 241 g/mol. The Balaban J connectivity index is 2.28. The molecule has 1 aliphatic carbocycles. The summed E-state index contributed by atoms with van der Waals surface area (Å²) >= 11 is 0. The first-order valence-electron chi connectivity index (χ1n) is 7.12. The molecule has 0 aliphatic heterocycles. The van der Waals surface area contributed by atoms with Gasteiger partial charge in [0.05, 0.1) is 12.0 Å². The summed E-state index contributed by atoms with van der Waals surface area (Å²) in [7, 11) is 0. The molecule has 1 rings (SSSR count). The van der Waals surface area contributed by atoms with Crippen molar-refractivity contribution >= 4 is 5.97 Å². The number of ether oxygens (including phenoxy) is 1. The van der Waals surface area contributed by atoms with Crippen molar-refractivity contribution in [2.75, 3.05) is 13.2 Å². The predicted molar refractivity (Wildman–Crippen MR) is 69.7 cm³/mol. The summed E-state index contributed by atoms with van der Waals surface area (Å²) in [6.45, 7) is 3.19. The average molecular weight is 241 g/mol. The molecular weight excluding hydrogens is 214 g/mol. The fraction of sp³-hybridized carbons (Fsp3) is 0.929. The molecule has 1 saturated carbocycles. The summed E-state index contributed by atoms with van der Waals surface area (Å²) in [5.41, 5.74) is 5.43. The van der Waals surface area contributed by atoms with E-state index in [1.807, 2.05) is 0 Å². The molecule has 0 aromatic rings. The topological polar surface area (TPSA) is 52.3 Å². The van der Waals surface area contributed by atoms with Gasteiger partial charge in [0, 0.05) is 6.54 Å². The van der Waals surface area contributed by atoms with Crippen LogP contribution in [0.25, 0.3) is 0 Å². The number of rotatable bonds is 7. The Labute approximate surface area is 105 Å². The lowest BCUT2D eigenvalue weighted by Crippen LogP contribution is -2.41. The van der Waals surface area contributed by atoms with E-state index in [0.29, 0.717) is 13.2 Å². The first kappa shape index (κ1) is 14.5. The number of esters is 1. The number of carbonyl (C=O) groups is 1. The lowest BCUT2D eigenvalue weighted by molar-refractivity contribution is -0.157. The summed E-state index contributed by atoms with van der Waals surface area (Å²) in [4.78, 5) is 12.1. The molecule has 17 heavy (non-hydrogen) atoms. The zero-order valence-electron chi connectivity index (χ0n) is 11.2. The molecule has 3 heteroatoms. The van der Waals surface area contributed by atoms with Gasteiger partial charge in [-0.3, -0.25) is 4.79 Å². The minimum Gasteiger partial charge on any atom is -0.465 e. The summed E-state index contributed by atoms with van der Waals surface area (Å²) < 4.78 is 5.40. The number of hydrogen-bond acceptors (Lipinski definition) is 3. The predicted octanol–water partition coefficient (Wildman–Crippen LogP) is 3.02. The fourth-order valence-electron chi connectivity index (χ4n) is 2.57. The van der Waals surface area contributed by atoms with Crippen molar-refractivity contribution in [3.05, 3.63) is 0 Å². The molecule has 0 amide bonds. The zero-order valence-corrected chi connectivity index (χ0v) is 11.2. The Morgan fingerprint density at radius 3 is 2.47 bits per heavy atom. The summed E-state index contributed by atoms with van der Waals surface area (Å²) in [6, 6.07) is 0. The molecule has 0 heterocycles. The van der Waals surface area contributed by atoms with Crippen molar-refractivity contribution in [3.63, 3.8) is 0 Å². The van der Waals surface area contributed by atoms with Crippen LogP contribution in [0, 0.1) is 5.41 Å². The van der Waals surface area contributed by atoms with Crippen molar-refractivity contribution in [1.29, 1.82) is 0 Å². The lowest BCUT2D eigenvalue weighted by Gasteiger charge is -2.33. The van der Waals surface area contributed by atoms with E-state index in [0.717, 1.165) is 38.5 Å². The minimum absolute atomic E-state index is 0.0452. The number of nitrogens with two attached hydrogens (primary N) is 1. The molecule has 0 bridgehead atoms. The second-order valence-electron chi connectivity index (χ2n) is 5.24. The highest BCUT2D eigenvalue weighted by Crippen LogP contribution is 2.36. The third kappa shape index (κ3) is 4.30. The summed E-state index contributed by atoms with van der Waals surface area (Å²) in [5, 5.41) is 0. The maximum Gasteiger partial charge on any atom is 0.313 e. The van der Waals surface area contributed by atoms with Gasteiger partial charge in [-0.1, -0.05) is 45.4 Å². The molecule has 100 valence electrons. The molecule has 3 nitrogen and oxygen atoms in total. The highest BCUT2D eigenvalue weighted by molar-refractivity contribution is 5.77. The van der Waals surface area contributed by atoms with Crippen LogP contribution in [0.2, 0.25) is 0 Å². The molecule has 0 spiro atoms. The standard InChI is InChI=1S/C14H27NO2/c1-2-3-4-8-11-17-13(16)14(12-15)9-6-5-7-10-14/h2-12,15H2,1H3. The first-order chi connectivity index (χ1) is 8.25. The third-order valence-electron chi connectivity index (χ3n) is 3.87. The van der Waals surface area contributed by atoms with Crippen LogP contribution < -0.4 is 5.73 Å². The van der Waals surface area contributed by atoms with Crippen LogP contribution in [0.15, 0.2) is 0 Å². The van der Waals surface area contributed by atoms with Gasteiger partial charge in [0.15, 0.2) is 0 Å². The second-order valence-corrected chi connectivity index (χ2v) is 5.24. The molecular formula is C14H27NO2. The first-order valence-corrected chi connectivity index (χ1v) is 7.12. The normalized spacial score (nSPS) is 18.9. The van der Waals surface area contributed by atoms with Crippen molar-refractivity contribution in [3.8, 4) is 0 Å². The van der Waals surface area contributed by atoms with Crippen LogP contribution in [0.3, 0.4) is 0 Å². The molecule has 0 aromatic heterocycles. The van der Waals surface area contributed by atoms with Crippen LogP contribution in [0.4, 0.5) is 0 Å². The van der Waals surface area contributed by atoms with Gasteiger partial charge in [-0.25, -0.2) is 0 Å². The van der Waals surface area contributed by atoms with Gasteiger partial charge in [0.1, 0.15) is 0 Å². The second kappa shape index (κ2) is 7.70. The SMILES string of the molecule is CCCCCCOC(=O)C1(CN)CCCCC1. The van der Waals surface area contributed by atoms with E-state index in [-0.39, 0.29) is 11.4 Å². The zero-order chi connectivity index (χ0) is 12.6. The number of carbonyl (C=O) groups excluding carboxylic acids is 1. The van der Waals surface area contributed by atoms with Crippen molar-refractivity contribution < 1.29 is 9.53 Å². The number of unbranched alkanes of at least 4 members (excludes halogenated alkanes) is 3. The van der Waals surface area contributed by atoms with Crippen molar-refractivity contribution in [1.82, 2.24) is 0 Å². The van der Waals surface area contributed by atoms with Gasteiger partial charge in [-0.05, 0) is 19.3 Å². The summed E-state index contributed by atoms with van der Waals surface area (Å²) in [5.74, 6) is -0.0452. The Hall–Kier alpha value is -0.570. The van der Waals surface area contributed by atoms with Gasteiger partial charge in [-0.2, -0.15) is 0 Å². The van der Waals surface area contributed by atoms with E-state index >= 15 is 0 Å². The lowest BCUT2D eigenvalue weighted by atomic mass is 9.74.